The van der Waals surface area contributed by atoms with Crippen molar-refractivity contribution in [3.8, 4) is 0 Å². The van der Waals surface area contributed by atoms with Crippen LogP contribution in [0, 0.1) is 0 Å². The van der Waals surface area contributed by atoms with Crippen LogP contribution in [-0.4, -0.2) is 44.1 Å². The zero-order valence-corrected chi connectivity index (χ0v) is 14.7. The minimum absolute atomic E-state index is 0.195. The number of ether oxygens (including phenoxy) is 1. The third-order valence-electron chi connectivity index (χ3n) is 3.50. The highest BCUT2D eigenvalue weighted by atomic mass is 16.6. The molecule has 0 aliphatic rings. The van der Waals surface area contributed by atoms with Gasteiger partial charge in [0.15, 0.2) is 0 Å². The van der Waals surface area contributed by atoms with E-state index in [1.165, 1.54) is 17.0 Å². The standard InChI is InChI=1S/C17H23N3O5/c1-17(2,3)25-16(24)18-8-13(21)14(22)10-5-6-12-11(7-10)15(23)20(4)9-19-12/h5-7,9,13-14,21-22H,8H2,1-4H3,(H,18,24). The fourth-order valence-electron chi connectivity index (χ4n) is 2.25. The van der Waals surface area contributed by atoms with E-state index in [1.807, 2.05) is 0 Å². The Morgan fingerprint density at radius 3 is 2.68 bits per heavy atom. The predicted molar refractivity (Wildman–Crippen MR) is 92.2 cm³/mol. The maximum absolute atomic E-state index is 12.1. The molecule has 0 aliphatic heterocycles. The van der Waals surface area contributed by atoms with Crippen molar-refractivity contribution in [2.45, 2.75) is 38.6 Å². The summed E-state index contributed by atoms with van der Waals surface area (Å²) in [6.07, 6.45) is -1.80. The summed E-state index contributed by atoms with van der Waals surface area (Å²) in [7, 11) is 1.58. The van der Waals surface area contributed by atoms with Crippen molar-refractivity contribution in [3.63, 3.8) is 0 Å². The number of hydrogen-bond donors (Lipinski definition) is 3. The van der Waals surface area contributed by atoms with Crippen LogP contribution in [0.3, 0.4) is 0 Å². The van der Waals surface area contributed by atoms with Crippen LogP contribution in [0.25, 0.3) is 10.9 Å². The highest BCUT2D eigenvalue weighted by Gasteiger charge is 2.22. The van der Waals surface area contributed by atoms with Crippen LogP contribution in [0.15, 0.2) is 29.3 Å². The minimum atomic E-state index is -1.27. The van der Waals surface area contributed by atoms with Gasteiger partial charge in [-0.05, 0) is 38.5 Å². The van der Waals surface area contributed by atoms with Gasteiger partial charge in [-0.2, -0.15) is 0 Å². The summed E-state index contributed by atoms with van der Waals surface area (Å²) in [5.74, 6) is 0. The van der Waals surface area contributed by atoms with E-state index < -0.39 is 23.9 Å². The Labute approximate surface area is 145 Å². The normalized spacial score (nSPS) is 14.2. The Hall–Kier alpha value is -2.45. The number of hydrogen-bond acceptors (Lipinski definition) is 6. The molecule has 0 saturated carbocycles. The Morgan fingerprint density at radius 2 is 2.04 bits per heavy atom. The molecule has 1 aromatic carbocycles. The summed E-state index contributed by atoms with van der Waals surface area (Å²) < 4.78 is 6.40. The number of nitrogens with one attached hydrogen (secondary N) is 1. The number of aromatic nitrogens is 2. The zero-order chi connectivity index (χ0) is 18.8. The van der Waals surface area contributed by atoms with Crippen LogP contribution in [0.2, 0.25) is 0 Å². The Morgan fingerprint density at radius 1 is 1.36 bits per heavy atom. The smallest absolute Gasteiger partial charge is 0.407 e. The molecule has 136 valence electrons. The average molecular weight is 349 g/mol. The molecule has 2 unspecified atom stereocenters. The number of benzene rings is 1. The van der Waals surface area contributed by atoms with Gasteiger partial charge < -0.3 is 24.8 Å². The van der Waals surface area contributed by atoms with E-state index >= 15 is 0 Å². The molecule has 1 aromatic heterocycles. The lowest BCUT2D eigenvalue weighted by molar-refractivity contribution is 0.0130. The SMILES string of the molecule is Cn1cnc2ccc(C(O)C(O)CNC(=O)OC(C)(C)C)cc2c1=O. The van der Waals surface area contributed by atoms with Crippen molar-refractivity contribution in [1.82, 2.24) is 14.9 Å². The summed E-state index contributed by atoms with van der Waals surface area (Å²) in [6, 6.07) is 4.67. The molecule has 0 fully saturated rings. The van der Waals surface area contributed by atoms with E-state index in [-0.39, 0.29) is 12.1 Å². The number of alkyl carbamates (subject to hydrolysis) is 1. The van der Waals surface area contributed by atoms with Crippen molar-refractivity contribution >= 4 is 17.0 Å². The van der Waals surface area contributed by atoms with Gasteiger partial charge in [0.25, 0.3) is 5.56 Å². The van der Waals surface area contributed by atoms with E-state index in [0.717, 1.165) is 0 Å². The molecule has 0 radical (unpaired) electrons. The number of nitrogens with zero attached hydrogens (tertiary/aromatic N) is 2. The maximum Gasteiger partial charge on any atom is 0.407 e. The summed E-state index contributed by atoms with van der Waals surface area (Å²) >= 11 is 0. The third kappa shape index (κ3) is 4.77. The van der Waals surface area contributed by atoms with Gasteiger partial charge in [-0.15, -0.1) is 0 Å². The van der Waals surface area contributed by atoms with Gasteiger partial charge in [0, 0.05) is 13.6 Å². The van der Waals surface area contributed by atoms with E-state index in [2.05, 4.69) is 10.3 Å². The summed E-state index contributed by atoms with van der Waals surface area (Å²) in [6.45, 7) is 4.98. The maximum atomic E-state index is 12.1. The van der Waals surface area contributed by atoms with Gasteiger partial charge in [0.2, 0.25) is 0 Å². The summed E-state index contributed by atoms with van der Waals surface area (Å²) in [4.78, 5) is 27.9. The van der Waals surface area contributed by atoms with Crippen molar-refractivity contribution in [3.05, 3.63) is 40.4 Å². The number of aliphatic hydroxyl groups is 2. The number of aryl methyl sites for hydroxylation is 1. The van der Waals surface area contributed by atoms with Crippen LogP contribution in [-0.2, 0) is 11.8 Å². The van der Waals surface area contributed by atoms with Crippen molar-refractivity contribution in [1.29, 1.82) is 0 Å². The lowest BCUT2D eigenvalue weighted by Crippen LogP contribution is -2.38. The van der Waals surface area contributed by atoms with Gasteiger partial charge in [-0.3, -0.25) is 4.79 Å². The molecule has 2 rings (SSSR count). The van der Waals surface area contributed by atoms with E-state index in [9.17, 15) is 19.8 Å². The average Bonchev–Trinajstić information content (AvgIpc) is 2.53. The number of fused-ring (bicyclic) bond motifs is 1. The van der Waals surface area contributed by atoms with Gasteiger partial charge >= 0.3 is 6.09 Å². The largest absolute Gasteiger partial charge is 0.444 e. The van der Waals surface area contributed by atoms with Crippen LogP contribution >= 0.6 is 0 Å². The van der Waals surface area contributed by atoms with Crippen molar-refractivity contribution in [2.75, 3.05) is 6.54 Å². The molecule has 2 atom stereocenters. The highest BCUT2D eigenvalue weighted by molar-refractivity contribution is 5.78. The van der Waals surface area contributed by atoms with Gasteiger partial charge in [-0.1, -0.05) is 6.07 Å². The monoisotopic (exact) mass is 349 g/mol. The lowest BCUT2D eigenvalue weighted by Gasteiger charge is -2.22. The van der Waals surface area contributed by atoms with E-state index in [1.54, 1.807) is 40.0 Å². The first-order chi connectivity index (χ1) is 11.6. The summed E-state index contributed by atoms with van der Waals surface area (Å²) in [5.41, 5.74) is -0.0455. The third-order valence-corrected chi connectivity index (χ3v) is 3.50. The number of carbonyl (C=O) groups excluding carboxylic acids is 1. The molecule has 0 aliphatic carbocycles. The van der Waals surface area contributed by atoms with Crippen LogP contribution < -0.4 is 10.9 Å². The second kappa shape index (κ2) is 7.20. The molecular formula is C17H23N3O5. The van der Waals surface area contributed by atoms with Gasteiger partial charge in [-0.25, -0.2) is 9.78 Å². The predicted octanol–water partition coefficient (Wildman–Crippen LogP) is 0.852. The van der Waals surface area contributed by atoms with E-state index in [4.69, 9.17) is 4.74 Å². The van der Waals surface area contributed by atoms with Crippen LogP contribution in [0.5, 0.6) is 0 Å². The van der Waals surface area contributed by atoms with Gasteiger partial charge in [0.05, 0.1) is 17.2 Å². The lowest BCUT2D eigenvalue weighted by atomic mass is 10.0. The Bertz CT molecular complexity index is 825. The highest BCUT2D eigenvalue weighted by Crippen LogP contribution is 2.20. The first-order valence-electron chi connectivity index (χ1n) is 7.87. The fraction of sp³-hybridized carbons (Fsp3) is 0.471. The molecule has 0 spiro atoms. The number of aliphatic hydroxyl groups excluding tert-OH is 2. The molecule has 1 heterocycles. The van der Waals surface area contributed by atoms with Crippen molar-refractivity contribution in [2.24, 2.45) is 7.05 Å². The van der Waals surface area contributed by atoms with Crippen molar-refractivity contribution < 1.29 is 19.7 Å². The Kier molecular flexibility index (Phi) is 5.44. The van der Waals surface area contributed by atoms with Crippen LogP contribution in [0.4, 0.5) is 4.79 Å². The Balaban J connectivity index is 2.10. The molecule has 2 aromatic rings. The molecule has 0 bridgehead atoms. The zero-order valence-electron chi connectivity index (χ0n) is 14.7. The molecule has 1 amide bonds. The van der Waals surface area contributed by atoms with Crippen LogP contribution in [0.1, 0.15) is 32.4 Å². The number of rotatable bonds is 4. The first-order valence-corrected chi connectivity index (χ1v) is 7.87. The molecule has 3 N–H and O–H groups in total. The minimum Gasteiger partial charge on any atom is -0.444 e. The second-order valence-electron chi connectivity index (χ2n) is 6.83. The number of carbonyl (C=O) groups is 1. The second-order valence-corrected chi connectivity index (χ2v) is 6.83. The van der Waals surface area contributed by atoms with Gasteiger partial charge in [0.1, 0.15) is 17.8 Å². The molecule has 25 heavy (non-hydrogen) atoms. The summed E-state index contributed by atoms with van der Waals surface area (Å²) in [5, 5.41) is 23.1. The molecular weight excluding hydrogens is 326 g/mol. The molecule has 8 nitrogen and oxygen atoms in total. The quantitative estimate of drug-likeness (QED) is 0.754. The molecule has 8 heteroatoms. The fourth-order valence-corrected chi connectivity index (χ4v) is 2.25. The molecule has 0 saturated heterocycles. The first kappa shape index (κ1) is 18.9. The van der Waals surface area contributed by atoms with E-state index in [0.29, 0.717) is 16.5 Å². The number of amides is 1. The topological polar surface area (TPSA) is 114 Å².